The Hall–Kier alpha value is -3.65. The molecule has 3 aromatic carbocycles. The summed E-state index contributed by atoms with van der Waals surface area (Å²) in [5, 5.41) is 10.4. The van der Waals surface area contributed by atoms with Crippen molar-refractivity contribution in [2.45, 2.75) is 30.8 Å². The fraction of sp³-hybridized carbons (Fsp3) is 0.200. The van der Waals surface area contributed by atoms with Crippen LogP contribution in [0.1, 0.15) is 25.3 Å². The third-order valence-electron chi connectivity index (χ3n) is 5.02. The molecule has 8 heteroatoms. The van der Waals surface area contributed by atoms with Gasteiger partial charge in [-0.2, -0.15) is 0 Å². The number of benzene rings is 3. The summed E-state index contributed by atoms with van der Waals surface area (Å²) in [4.78, 5) is 13.1. The van der Waals surface area contributed by atoms with Crippen LogP contribution in [0.2, 0.25) is 0 Å². The van der Waals surface area contributed by atoms with Crippen LogP contribution in [-0.4, -0.2) is 32.5 Å². The van der Waals surface area contributed by atoms with Crippen molar-refractivity contribution in [3.05, 3.63) is 78.4 Å². The van der Waals surface area contributed by atoms with Crippen LogP contribution < -0.4 is 15.8 Å². The van der Waals surface area contributed by atoms with Crippen LogP contribution in [0.15, 0.2) is 77.7 Å². The molecule has 3 aromatic rings. The molecular weight excluding hydrogens is 438 g/mol. The van der Waals surface area contributed by atoms with Crippen molar-refractivity contribution in [3.63, 3.8) is 0 Å². The molecule has 0 aromatic heterocycles. The van der Waals surface area contributed by atoms with Gasteiger partial charge in [-0.3, -0.25) is 10.2 Å². The molecule has 4 N–H and O–H groups in total. The van der Waals surface area contributed by atoms with Crippen LogP contribution in [0.4, 0.5) is 5.69 Å². The molecule has 172 valence electrons. The Morgan fingerprint density at radius 2 is 1.76 bits per heavy atom. The molecule has 0 spiro atoms. The molecule has 0 fully saturated rings. The maximum Gasteiger partial charge on any atom is 0.265 e. The fourth-order valence-electron chi connectivity index (χ4n) is 3.39. The first-order chi connectivity index (χ1) is 15.7. The highest BCUT2D eigenvalue weighted by molar-refractivity contribution is 7.90. The topological polar surface area (TPSA) is 122 Å². The monoisotopic (exact) mass is 465 g/mol. The lowest BCUT2D eigenvalue weighted by molar-refractivity contribution is -0.123. The van der Waals surface area contributed by atoms with Gasteiger partial charge in [0.05, 0.1) is 4.90 Å². The normalized spacial score (nSPS) is 12.1. The minimum atomic E-state index is -3.37. The Labute approximate surface area is 194 Å². The smallest absolute Gasteiger partial charge is 0.265 e. The van der Waals surface area contributed by atoms with Crippen molar-refractivity contribution in [3.8, 4) is 16.9 Å². The second kappa shape index (κ2) is 10.3. The van der Waals surface area contributed by atoms with E-state index in [2.05, 4.69) is 5.32 Å². The summed E-state index contributed by atoms with van der Waals surface area (Å²) in [7, 11) is -3.37. The average Bonchev–Trinajstić information content (AvgIpc) is 2.79. The summed E-state index contributed by atoms with van der Waals surface area (Å²) in [6.07, 6.45) is 1.71. The third kappa shape index (κ3) is 6.20. The molecule has 0 saturated carbocycles. The first-order valence-electron chi connectivity index (χ1n) is 10.5. The van der Waals surface area contributed by atoms with Crippen LogP contribution in [0.25, 0.3) is 11.1 Å². The maximum atomic E-state index is 12.9. The van der Waals surface area contributed by atoms with E-state index >= 15 is 0 Å². The number of nitrogen functional groups attached to an aromatic ring is 1. The Kier molecular flexibility index (Phi) is 7.50. The number of hydrogen-bond acceptors (Lipinski definition) is 5. The fourth-order valence-corrected chi connectivity index (χ4v) is 4.30. The van der Waals surface area contributed by atoms with Gasteiger partial charge in [0.25, 0.3) is 5.91 Å². The first-order valence-corrected chi connectivity index (χ1v) is 12.4. The molecule has 7 nitrogen and oxygen atoms in total. The van der Waals surface area contributed by atoms with Gasteiger partial charge in [0, 0.05) is 23.1 Å². The van der Waals surface area contributed by atoms with Crippen LogP contribution in [0.5, 0.6) is 5.75 Å². The van der Waals surface area contributed by atoms with Crippen molar-refractivity contribution in [1.29, 1.82) is 5.41 Å². The number of sulfone groups is 1. The van der Waals surface area contributed by atoms with Crippen molar-refractivity contribution < 1.29 is 17.9 Å². The number of amidine groups is 1. The minimum absolute atomic E-state index is 0.0746. The number of rotatable bonds is 9. The molecule has 0 saturated heterocycles. The Morgan fingerprint density at radius 1 is 1.06 bits per heavy atom. The van der Waals surface area contributed by atoms with Crippen molar-refractivity contribution in [2.75, 3.05) is 11.6 Å². The Morgan fingerprint density at radius 3 is 2.39 bits per heavy atom. The number of hydrogen-bond donors (Lipinski definition) is 3. The number of amides is 1. The molecule has 0 aliphatic carbocycles. The Balaban J connectivity index is 1.76. The Bertz CT molecular complexity index is 1250. The van der Waals surface area contributed by atoms with Crippen molar-refractivity contribution >= 4 is 27.3 Å². The highest BCUT2D eigenvalue weighted by Crippen LogP contribution is 2.28. The second-order valence-corrected chi connectivity index (χ2v) is 9.66. The third-order valence-corrected chi connectivity index (χ3v) is 6.17. The number of carbonyl (C=O) groups is 1. The van der Waals surface area contributed by atoms with Crippen LogP contribution in [0.3, 0.4) is 0 Å². The minimum Gasteiger partial charge on any atom is -0.481 e. The lowest BCUT2D eigenvalue weighted by Gasteiger charge is -2.19. The summed E-state index contributed by atoms with van der Waals surface area (Å²) < 4.78 is 30.1. The van der Waals surface area contributed by atoms with Crippen LogP contribution >= 0.6 is 0 Å². The van der Waals surface area contributed by atoms with Gasteiger partial charge < -0.3 is 15.8 Å². The van der Waals surface area contributed by atoms with E-state index in [4.69, 9.17) is 15.9 Å². The van der Waals surface area contributed by atoms with Gasteiger partial charge in [0.15, 0.2) is 15.9 Å². The second-order valence-electron chi connectivity index (χ2n) is 7.67. The van der Waals surface area contributed by atoms with E-state index in [-0.39, 0.29) is 16.6 Å². The molecule has 0 aliphatic heterocycles. The van der Waals surface area contributed by atoms with E-state index in [1.165, 1.54) is 6.26 Å². The van der Waals surface area contributed by atoms with Gasteiger partial charge in [-0.25, -0.2) is 8.42 Å². The van der Waals surface area contributed by atoms with E-state index in [0.29, 0.717) is 29.0 Å². The summed E-state index contributed by atoms with van der Waals surface area (Å²) in [6, 6.07) is 20.6. The van der Waals surface area contributed by atoms with E-state index in [0.717, 1.165) is 12.0 Å². The zero-order valence-corrected chi connectivity index (χ0v) is 19.4. The van der Waals surface area contributed by atoms with Crippen LogP contribution in [0, 0.1) is 5.41 Å². The van der Waals surface area contributed by atoms with E-state index in [9.17, 15) is 13.2 Å². The predicted molar refractivity (Wildman–Crippen MR) is 130 cm³/mol. The quantitative estimate of drug-likeness (QED) is 0.322. The first kappa shape index (κ1) is 24.0. The molecule has 0 bridgehead atoms. The number of carbonyl (C=O) groups excluding carboxylic acids is 1. The standard InChI is InChI=1S/C25H27N3O4S/c1-3-7-22(32-20-9-6-8-18(16-20)24(26)27)25(29)28-19-14-12-17(13-15-19)21-10-4-5-11-23(21)33(2,30)31/h4-6,8-16,22H,3,7H2,1-2H3,(H3,26,27)(H,28,29)/t22-/m0/s1. The van der Waals surface area contributed by atoms with Crippen LogP contribution in [-0.2, 0) is 14.6 Å². The van der Waals surface area contributed by atoms with E-state index in [1.807, 2.05) is 6.92 Å². The molecule has 1 amide bonds. The van der Waals surface area contributed by atoms with Crippen molar-refractivity contribution in [2.24, 2.45) is 5.73 Å². The molecule has 0 aliphatic rings. The summed E-state index contributed by atoms with van der Waals surface area (Å²) in [6.45, 7) is 1.96. The van der Waals surface area contributed by atoms with Gasteiger partial charge in [-0.15, -0.1) is 0 Å². The molecule has 3 rings (SSSR count). The molecule has 33 heavy (non-hydrogen) atoms. The summed E-state index contributed by atoms with van der Waals surface area (Å²) in [5.41, 5.74) is 7.97. The number of nitrogens with one attached hydrogen (secondary N) is 2. The van der Waals surface area contributed by atoms with Gasteiger partial charge in [0.1, 0.15) is 11.6 Å². The molecule has 1 atom stereocenters. The average molecular weight is 466 g/mol. The molecular formula is C25H27N3O4S. The summed E-state index contributed by atoms with van der Waals surface area (Å²) in [5.74, 6) is 0.0906. The number of nitrogens with two attached hydrogens (primary N) is 1. The lowest BCUT2D eigenvalue weighted by atomic mass is 10.1. The zero-order valence-electron chi connectivity index (χ0n) is 18.5. The van der Waals surface area contributed by atoms with E-state index < -0.39 is 15.9 Å². The van der Waals surface area contributed by atoms with Gasteiger partial charge in [-0.05, 0) is 42.3 Å². The van der Waals surface area contributed by atoms with E-state index in [1.54, 1.807) is 72.8 Å². The lowest BCUT2D eigenvalue weighted by Crippen LogP contribution is -2.33. The molecule has 0 heterocycles. The van der Waals surface area contributed by atoms with Gasteiger partial charge >= 0.3 is 0 Å². The van der Waals surface area contributed by atoms with Crippen molar-refractivity contribution in [1.82, 2.24) is 0 Å². The highest BCUT2D eigenvalue weighted by Gasteiger charge is 2.20. The SMILES string of the molecule is CCC[C@H](Oc1cccc(C(=N)N)c1)C(=O)Nc1ccc(-c2ccccc2S(C)(=O)=O)cc1. The maximum absolute atomic E-state index is 12.9. The highest BCUT2D eigenvalue weighted by atomic mass is 32.2. The van der Waals surface area contributed by atoms with Gasteiger partial charge in [-0.1, -0.05) is 55.8 Å². The zero-order chi connectivity index (χ0) is 24.0. The number of ether oxygens (including phenoxy) is 1. The molecule has 0 unspecified atom stereocenters. The summed E-state index contributed by atoms with van der Waals surface area (Å²) >= 11 is 0. The molecule has 0 radical (unpaired) electrons. The van der Waals surface area contributed by atoms with Gasteiger partial charge in [0.2, 0.25) is 0 Å². The number of anilines is 1. The predicted octanol–water partition coefficient (Wildman–Crippen LogP) is 4.23. The largest absolute Gasteiger partial charge is 0.481 e.